The Morgan fingerprint density at radius 3 is 2.39 bits per heavy atom. The van der Waals surface area contributed by atoms with E-state index >= 15 is 0 Å². The van der Waals surface area contributed by atoms with Crippen LogP contribution in [0, 0.1) is 14.9 Å². The Bertz CT molecular complexity index is 626. The van der Waals surface area contributed by atoms with E-state index in [1.54, 1.807) is 7.11 Å². The lowest BCUT2D eigenvalue weighted by Gasteiger charge is -2.04. The predicted octanol–water partition coefficient (Wildman–Crippen LogP) is 3.94. The quantitative estimate of drug-likeness (QED) is 0.695. The van der Waals surface area contributed by atoms with E-state index in [1.807, 2.05) is 35.9 Å². The highest BCUT2D eigenvalue weighted by Gasteiger charge is 2.18. The van der Waals surface area contributed by atoms with Crippen LogP contribution in [-0.4, -0.2) is 11.7 Å². The first-order chi connectivity index (χ1) is 8.60. The van der Waals surface area contributed by atoms with Gasteiger partial charge in [0.05, 0.1) is 15.3 Å². The molecular weight excluding hydrogens is 407 g/mol. The highest BCUT2D eigenvalue weighted by molar-refractivity contribution is 14.1. The molecule has 18 heavy (non-hydrogen) atoms. The fraction of sp³-hybridized carbons (Fsp3) is 0.154. The summed E-state index contributed by atoms with van der Waals surface area (Å²) in [4.78, 5) is 0. The van der Waals surface area contributed by atoms with Crippen LogP contribution in [0.4, 0.5) is 0 Å². The van der Waals surface area contributed by atoms with Crippen LogP contribution in [0.3, 0.4) is 0 Å². The smallest absolute Gasteiger partial charge is 0.135 e. The monoisotopic (exact) mass is 416 g/mol. The Labute approximate surface area is 128 Å². The van der Waals surface area contributed by atoms with E-state index in [2.05, 4.69) is 44.6 Å². The van der Waals surface area contributed by atoms with Gasteiger partial charge in [-0.3, -0.25) is 0 Å². The first kappa shape index (κ1) is 13.4. The molecule has 2 rings (SSSR count). The molecule has 2 aromatic rings. The van der Waals surface area contributed by atoms with Crippen molar-refractivity contribution >= 4 is 38.5 Å². The highest BCUT2D eigenvalue weighted by Crippen LogP contribution is 2.37. The zero-order valence-corrected chi connectivity index (χ0v) is 13.6. The summed E-state index contributed by atoms with van der Waals surface area (Å²) in [6.45, 7) is 0. The zero-order chi connectivity index (χ0) is 13.3. The van der Waals surface area contributed by atoms with Gasteiger partial charge < -0.3 is 9.30 Å². The molecule has 1 aromatic carbocycles. The van der Waals surface area contributed by atoms with Gasteiger partial charge in [0.25, 0.3) is 0 Å². The molecule has 0 spiro atoms. The van der Waals surface area contributed by atoms with Crippen LogP contribution in [0.15, 0.2) is 28.9 Å². The molecule has 0 radical (unpaired) electrons. The van der Waals surface area contributed by atoms with Crippen molar-refractivity contribution in [2.24, 2.45) is 7.05 Å². The van der Waals surface area contributed by atoms with Gasteiger partial charge in [-0.15, -0.1) is 0 Å². The summed E-state index contributed by atoms with van der Waals surface area (Å²) < 4.78 is 8.86. The minimum atomic E-state index is 0.660. The Morgan fingerprint density at radius 1 is 1.33 bits per heavy atom. The lowest BCUT2D eigenvalue weighted by Crippen LogP contribution is -1.91. The molecule has 0 aliphatic heterocycles. The van der Waals surface area contributed by atoms with Crippen LogP contribution >= 0.6 is 38.5 Å². The lowest BCUT2D eigenvalue weighted by atomic mass is 10.1. The van der Waals surface area contributed by atoms with Crippen molar-refractivity contribution in [3.63, 3.8) is 0 Å². The largest absolute Gasteiger partial charge is 0.497 e. The summed E-state index contributed by atoms with van der Waals surface area (Å²) in [5, 5.41) is 9.15. The van der Waals surface area contributed by atoms with E-state index in [4.69, 9.17) is 10.00 Å². The van der Waals surface area contributed by atoms with Gasteiger partial charge in [-0.2, -0.15) is 5.26 Å². The highest BCUT2D eigenvalue weighted by atomic mass is 127. The lowest BCUT2D eigenvalue weighted by molar-refractivity contribution is 0.415. The number of aromatic nitrogens is 1. The van der Waals surface area contributed by atoms with Gasteiger partial charge in [0, 0.05) is 12.6 Å². The van der Waals surface area contributed by atoms with E-state index in [-0.39, 0.29) is 0 Å². The molecule has 0 N–H and O–H groups in total. The summed E-state index contributed by atoms with van der Waals surface area (Å²) >= 11 is 5.75. The molecule has 0 saturated carbocycles. The molecule has 5 heteroatoms. The maximum atomic E-state index is 9.15. The van der Waals surface area contributed by atoms with Gasteiger partial charge in [-0.05, 0) is 56.2 Å². The number of hydrogen-bond acceptors (Lipinski definition) is 2. The number of nitrogens with zero attached hydrogens (tertiary/aromatic N) is 2. The molecule has 1 heterocycles. The minimum Gasteiger partial charge on any atom is -0.497 e. The second-order valence-electron chi connectivity index (χ2n) is 3.73. The fourth-order valence-electron chi connectivity index (χ4n) is 1.75. The van der Waals surface area contributed by atoms with Gasteiger partial charge >= 0.3 is 0 Å². The van der Waals surface area contributed by atoms with Crippen molar-refractivity contribution in [2.75, 3.05) is 7.11 Å². The maximum Gasteiger partial charge on any atom is 0.135 e. The maximum absolute atomic E-state index is 9.15. The molecule has 1 aromatic heterocycles. The number of rotatable bonds is 2. The van der Waals surface area contributed by atoms with Gasteiger partial charge in [-0.1, -0.05) is 12.1 Å². The van der Waals surface area contributed by atoms with Crippen molar-refractivity contribution in [1.82, 2.24) is 4.57 Å². The minimum absolute atomic E-state index is 0.660. The predicted molar refractivity (Wildman–Crippen MR) is 82.5 cm³/mol. The summed E-state index contributed by atoms with van der Waals surface area (Å²) in [5.41, 5.74) is 2.76. The summed E-state index contributed by atoms with van der Waals surface area (Å²) in [6, 6.07) is 10.0. The standard InChI is InChI=1S/C13H10BrIN2O/c1-17-10(7-16)12(15)11(13(17)14)8-3-5-9(18-2)6-4-8/h3-6H,1-2H3. The van der Waals surface area contributed by atoms with E-state index in [9.17, 15) is 0 Å². The topological polar surface area (TPSA) is 37.9 Å². The van der Waals surface area contributed by atoms with E-state index < -0.39 is 0 Å². The van der Waals surface area contributed by atoms with Crippen LogP contribution in [0.2, 0.25) is 0 Å². The third kappa shape index (κ3) is 2.15. The van der Waals surface area contributed by atoms with Gasteiger partial charge in [-0.25, -0.2) is 0 Å². The van der Waals surface area contributed by atoms with Crippen LogP contribution in [-0.2, 0) is 7.05 Å². The molecule has 0 amide bonds. The first-order valence-electron chi connectivity index (χ1n) is 5.18. The number of nitriles is 1. The van der Waals surface area contributed by atoms with E-state index in [0.29, 0.717) is 5.69 Å². The fourth-order valence-corrected chi connectivity index (χ4v) is 3.77. The van der Waals surface area contributed by atoms with Crippen molar-refractivity contribution in [2.45, 2.75) is 0 Å². The van der Waals surface area contributed by atoms with Crippen LogP contribution < -0.4 is 4.74 Å². The molecule has 3 nitrogen and oxygen atoms in total. The molecule has 0 aliphatic carbocycles. The van der Waals surface area contributed by atoms with Crippen molar-refractivity contribution in [3.05, 3.63) is 38.1 Å². The molecule has 92 valence electrons. The normalized spacial score (nSPS) is 10.2. The average Bonchev–Trinajstić information content (AvgIpc) is 2.60. The molecule has 0 saturated heterocycles. The van der Waals surface area contributed by atoms with Crippen molar-refractivity contribution in [1.29, 1.82) is 5.26 Å². The van der Waals surface area contributed by atoms with Crippen molar-refractivity contribution in [3.8, 4) is 22.9 Å². The third-order valence-corrected chi connectivity index (χ3v) is 4.73. The molecule has 0 unspecified atom stereocenters. The number of hydrogen-bond donors (Lipinski definition) is 0. The van der Waals surface area contributed by atoms with Gasteiger partial charge in [0.1, 0.15) is 17.5 Å². The number of benzene rings is 1. The van der Waals surface area contributed by atoms with Crippen molar-refractivity contribution < 1.29 is 4.74 Å². The molecule has 0 aliphatic rings. The molecule has 0 atom stereocenters. The van der Waals surface area contributed by atoms with E-state index in [1.165, 1.54) is 0 Å². The second-order valence-corrected chi connectivity index (χ2v) is 5.56. The third-order valence-electron chi connectivity index (χ3n) is 2.75. The Balaban J connectivity index is 2.61. The Kier molecular flexibility index (Phi) is 3.97. The molecule has 0 bridgehead atoms. The molecule has 0 fully saturated rings. The Morgan fingerprint density at radius 2 is 1.94 bits per heavy atom. The second kappa shape index (κ2) is 5.33. The van der Waals surface area contributed by atoms with Gasteiger partial charge in [0.2, 0.25) is 0 Å². The SMILES string of the molecule is COc1ccc(-c2c(I)c(C#N)n(C)c2Br)cc1. The number of methoxy groups -OCH3 is 1. The zero-order valence-electron chi connectivity index (χ0n) is 9.87. The first-order valence-corrected chi connectivity index (χ1v) is 7.05. The number of ether oxygens (including phenoxy) is 1. The van der Waals surface area contributed by atoms with Crippen LogP contribution in [0.5, 0.6) is 5.75 Å². The average molecular weight is 417 g/mol. The summed E-state index contributed by atoms with van der Waals surface area (Å²) in [7, 11) is 3.52. The van der Waals surface area contributed by atoms with E-state index in [0.717, 1.165) is 25.0 Å². The number of halogens is 2. The molecular formula is C13H10BrIN2O. The summed E-state index contributed by atoms with van der Waals surface area (Å²) in [5.74, 6) is 0.821. The van der Waals surface area contributed by atoms with Crippen LogP contribution in [0.25, 0.3) is 11.1 Å². The summed E-state index contributed by atoms with van der Waals surface area (Å²) in [6.07, 6.45) is 0. The Hall–Kier alpha value is -1.00. The van der Waals surface area contributed by atoms with Gasteiger partial charge in [0.15, 0.2) is 0 Å². The van der Waals surface area contributed by atoms with Crippen LogP contribution in [0.1, 0.15) is 5.69 Å².